The van der Waals surface area contributed by atoms with Gasteiger partial charge in [0.1, 0.15) is 0 Å². The van der Waals surface area contributed by atoms with Crippen LogP contribution in [0, 0.1) is 0 Å². The van der Waals surface area contributed by atoms with Gasteiger partial charge in [0, 0.05) is 12.2 Å². The van der Waals surface area contributed by atoms with E-state index in [1.807, 2.05) is 24.3 Å². The second-order valence-electron chi connectivity index (χ2n) is 3.52. The van der Waals surface area contributed by atoms with Crippen molar-refractivity contribution in [3.63, 3.8) is 0 Å². The van der Waals surface area contributed by atoms with Crippen molar-refractivity contribution in [1.29, 1.82) is 0 Å². The number of nitrogens with one attached hydrogen (secondary N) is 1. The highest BCUT2D eigenvalue weighted by molar-refractivity contribution is 5.44. The third-order valence-corrected chi connectivity index (χ3v) is 2.15. The lowest BCUT2D eigenvalue weighted by molar-refractivity contribution is 0.105. The molecule has 0 aliphatic rings. The van der Waals surface area contributed by atoms with Crippen LogP contribution in [0.25, 0.3) is 0 Å². The van der Waals surface area contributed by atoms with Crippen LogP contribution in [0.3, 0.4) is 0 Å². The summed E-state index contributed by atoms with van der Waals surface area (Å²) in [6, 6.07) is 7.29. The molecule has 0 aliphatic carbocycles. The Bertz CT molecular complexity index is 284. The zero-order valence-electron chi connectivity index (χ0n) is 8.72. The van der Waals surface area contributed by atoms with Crippen molar-refractivity contribution in [2.75, 3.05) is 18.5 Å². The molecule has 0 fully saturated rings. The Morgan fingerprint density at radius 3 is 2.27 bits per heavy atom. The molecule has 0 aromatic heterocycles. The Kier molecular flexibility index (Phi) is 4.55. The summed E-state index contributed by atoms with van der Waals surface area (Å²) in [6.45, 7) is 1.77. The molecule has 15 heavy (non-hydrogen) atoms. The summed E-state index contributed by atoms with van der Waals surface area (Å²) in [6.07, 6.45) is -1.22. The number of hydrogen-bond acceptors (Lipinski definition) is 4. The first-order valence-electron chi connectivity index (χ1n) is 4.94. The third-order valence-electron chi connectivity index (χ3n) is 2.15. The topological polar surface area (TPSA) is 72.7 Å². The van der Waals surface area contributed by atoms with Gasteiger partial charge in [-0.2, -0.15) is 0 Å². The van der Waals surface area contributed by atoms with Crippen molar-refractivity contribution in [3.8, 4) is 0 Å². The summed E-state index contributed by atoms with van der Waals surface area (Å²) in [5.74, 6) is 0. The van der Waals surface area contributed by atoms with Crippen LogP contribution in [-0.4, -0.2) is 34.6 Å². The average Bonchev–Trinajstić information content (AvgIpc) is 2.26. The number of aliphatic hydroxyl groups is 3. The van der Waals surface area contributed by atoms with Crippen LogP contribution in [0.15, 0.2) is 24.3 Å². The van der Waals surface area contributed by atoms with Gasteiger partial charge in [0.05, 0.1) is 18.8 Å². The lowest BCUT2D eigenvalue weighted by Gasteiger charge is -2.11. The molecule has 0 bridgehead atoms. The van der Waals surface area contributed by atoms with E-state index in [4.69, 9.17) is 10.2 Å². The number of anilines is 1. The standard InChI is InChI=1S/C11H17NO3/c1-8(14)9-2-4-10(5-3-9)12-6-11(15)7-13/h2-5,8,11-15H,6-7H2,1H3. The quantitative estimate of drug-likeness (QED) is 0.572. The van der Waals surface area contributed by atoms with Gasteiger partial charge in [0.25, 0.3) is 0 Å². The fourth-order valence-electron chi connectivity index (χ4n) is 1.18. The van der Waals surface area contributed by atoms with Gasteiger partial charge in [-0.25, -0.2) is 0 Å². The van der Waals surface area contributed by atoms with E-state index in [1.165, 1.54) is 0 Å². The summed E-state index contributed by atoms with van der Waals surface area (Å²) < 4.78 is 0. The summed E-state index contributed by atoms with van der Waals surface area (Å²) in [5.41, 5.74) is 1.70. The molecule has 0 saturated heterocycles. The zero-order valence-corrected chi connectivity index (χ0v) is 8.72. The van der Waals surface area contributed by atoms with Crippen LogP contribution in [-0.2, 0) is 0 Å². The molecule has 0 aliphatic heterocycles. The maximum absolute atomic E-state index is 9.28. The molecule has 0 amide bonds. The summed E-state index contributed by atoms with van der Waals surface area (Å²) in [7, 11) is 0. The Morgan fingerprint density at radius 1 is 1.20 bits per heavy atom. The molecule has 1 aromatic carbocycles. The van der Waals surface area contributed by atoms with Crippen LogP contribution in [0.1, 0.15) is 18.6 Å². The molecule has 0 heterocycles. The van der Waals surface area contributed by atoms with Gasteiger partial charge in [0.15, 0.2) is 0 Å². The van der Waals surface area contributed by atoms with Crippen LogP contribution in [0.2, 0.25) is 0 Å². The van der Waals surface area contributed by atoms with Crippen molar-refractivity contribution in [3.05, 3.63) is 29.8 Å². The fourth-order valence-corrected chi connectivity index (χ4v) is 1.18. The van der Waals surface area contributed by atoms with Crippen LogP contribution in [0.4, 0.5) is 5.69 Å². The lowest BCUT2D eigenvalue weighted by Crippen LogP contribution is -2.22. The molecule has 4 nitrogen and oxygen atoms in total. The first kappa shape index (κ1) is 12.0. The maximum Gasteiger partial charge on any atom is 0.0942 e. The van der Waals surface area contributed by atoms with Gasteiger partial charge in [-0.1, -0.05) is 12.1 Å². The van der Waals surface area contributed by atoms with Crippen LogP contribution < -0.4 is 5.32 Å². The van der Waals surface area contributed by atoms with Crippen LogP contribution in [0.5, 0.6) is 0 Å². The van der Waals surface area contributed by atoms with E-state index in [0.717, 1.165) is 11.3 Å². The molecule has 0 radical (unpaired) electrons. The third kappa shape index (κ3) is 3.87. The molecule has 4 heteroatoms. The van der Waals surface area contributed by atoms with Gasteiger partial charge in [-0.3, -0.25) is 0 Å². The molecule has 4 N–H and O–H groups in total. The summed E-state index contributed by atoms with van der Waals surface area (Å²) >= 11 is 0. The maximum atomic E-state index is 9.28. The Balaban J connectivity index is 2.50. The molecule has 1 aromatic rings. The average molecular weight is 211 g/mol. The van der Waals surface area contributed by atoms with Gasteiger partial charge >= 0.3 is 0 Å². The lowest BCUT2D eigenvalue weighted by atomic mass is 10.1. The number of hydrogen-bond donors (Lipinski definition) is 4. The van der Waals surface area contributed by atoms with Crippen molar-refractivity contribution >= 4 is 5.69 Å². The van der Waals surface area contributed by atoms with Gasteiger partial charge in [-0.05, 0) is 24.6 Å². The molecular formula is C11H17NO3. The molecule has 2 unspecified atom stereocenters. The summed E-state index contributed by atoms with van der Waals surface area (Å²) in [4.78, 5) is 0. The molecule has 0 saturated carbocycles. The highest BCUT2D eigenvalue weighted by atomic mass is 16.3. The van der Waals surface area contributed by atoms with Crippen molar-refractivity contribution in [2.45, 2.75) is 19.1 Å². The van der Waals surface area contributed by atoms with Crippen molar-refractivity contribution in [1.82, 2.24) is 0 Å². The predicted molar refractivity (Wildman–Crippen MR) is 58.7 cm³/mol. The van der Waals surface area contributed by atoms with Crippen molar-refractivity contribution in [2.24, 2.45) is 0 Å². The van der Waals surface area contributed by atoms with E-state index < -0.39 is 12.2 Å². The second kappa shape index (κ2) is 5.70. The van der Waals surface area contributed by atoms with E-state index in [2.05, 4.69) is 5.32 Å². The Labute approximate surface area is 89.2 Å². The zero-order chi connectivity index (χ0) is 11.3. The highest BCUT2D eigenvalue weighted by Gasteiger charge is 2.02. The first-order valence-corrected chi connectivity index (χ1v) is 4.94. The van der Waals surface area contributed by atoms with E-state index >= 15 is 0 Å². The van der Waals surface area contributed by atoms with E-state index in [0.29, 0.717) is 6.54 Å². The Hall–Kier alpha value is -1.10. The van der Waals surface area contributed by atoms with Gasteiger partial charge in [0.2, 0.25) is 0 Å². The monoisotopic (exact) mass is 211 g/mol. The normalized spacial score (nSPS) is 14.7. The smallest absolute Gasteiger partial charge is 0.0942 e. The number of aliphatic hydroxyl groups excluding tert-OH is 3. The van der Waals surface area contributed by atoms with E-state index in [1.54, 1.807) is 6.92 Å². The number of rotatable bonds is 5. The molecular weight excluding hydrogens is 194 g/mol. The predicted octanol–water partition coefficient (Wildman–Crippen LogP) is 0.505. The molecule has 84 valence electrons. The Morgan fingerprint density at radius 2 is 1.80 bits per heavy atom. The van der Waals surface area contributed by atoms with Crippen LogP contribution >= 0.6 is 0 Å². The minimum atomic E-state index is -0.749. The van der Waals surface area contributed by atoms with Crippen molar-refractivity contribution < 1.29 is 15.3 Å². The highest BCUT2D eigenvalue weighted by Crippen LogP contribution is 2.15. The second-order valence-corrected chi connectivity index (χ2v) is 3.52. The summed E-state index contributed by atoms with van der Waals surface area (Å²) in [5, 5.41) is 30.0. The minimum Gasteiger partial charge on any atom is -0.394 e. The molecule has 2 atom stereocenters. The largest absolute Gasteiger partial charge is 0.394 e. The van der Waals surface area contributed by atoms with Gasteiger partial charge < -0.3 is 20.6 Å². The van der Waals surface area contributed by atoms with Gasteiger partial charge in [-0.15, -0.1) is 0 Å². The fraction of sp³-hybridized carbons (Fsp3) is 0.455. The molecule has 0 spiro atoms. The molecule has 1 rings (SSSR count). The first-order chi connectivity index (χ1) is 7.13. The minimum absolute atomic E-state index is 0.251. The number of benzene rings is 1. The van der Waals surface area contributed by atoms with E-state index in [-0.39, 0.29) is 6.61 Å². The van der Waals surface area contributed by atoms with E-state index in [9.17, 15) is 5.11 Å². The SMILES string of the molecule is CC(O)c1ccc(NCC(O)CO)cc1.